The quantitative estimate of drug-likeness (QED) is 0.412. The van der Waals surface area contributed by atoms with Gasteiger partial charge < -0.3 is 19.7 Å². The third kappa shape index (κ3) is 8.04. The van der Waals surface area contributed by atoms with Gasteiger partial charge in [0.05, 0.1) is 7.11 Å². The van der Waals surface area contributed by atoms with Crippen molar-refractivity contribution in [2.75, 3.05) is 13.7 Å². The molecule has 1 N–H and O–H groups in total. The standard InChI is InChI=1S/C28H31ClN2O4/c1-20(2)30-28(33)26(17-21-8-5-4-6-9-21)31(18-22-10-7-11-25(16-22)34-3)27(32)19-35-24-14-12-23(29)13-15-24/h4-16,20,26H,17-19H2,1-3H3,(H,30,33)/t26-/m0/s1. The lowest BCUT2D eigenvalue weighted by Crippen LogP contribution is -2.52. The summed E-state index contributed by atoms with van der Waals surface area (Å²) >= 11 is 5.95. The van der Waals surface area contributed by atoms with E-state index in [1.165, 1.54) is 0 Å². The Morgan fingerprint density at radius 3 is 2.26 bits per heavy atom. The second-order valence-corrected chi connectivity index (χ2v) is 8.92. The van der Waals surface area contributed by atoms with Gasteiger partial charge in [-0.3, -0.25) is 9.59 Å². The van der Waals surface area contributed by atoms with Gasteiger partial charge in [-0.2, -0.15) is 0 Å². The van der Waals surface area contributed by atoms with Gasteiger partial charge in [0.15, 0.2) is 6.61 Å². The van der Waals surface area contributed by atoms with Gasteiger partial charge in [0, 0.05) is 24.0 Å². The molecule has 184 valence electrons. The molecule has 0 aromatic heterocycles. The Balaban J connectivity index is 1.91. The molecule has 0 saturated carbocycles. The molecule has 0 aliphatic heterocycles. The van der Waals surface area contributed by atoms with Crippen molar-refractivity contribution in [3.8, 4) is 11.5 Å². The molecule has 0 fully saturated rings. The number of nitrogens with zero attached hydrogens (tertiary/aromatic N) is 1. The number of amides is 2. The zero-order chi connectivity index (χ0) is 25.2. The van der Waals surface area contributed by atoms with Crippen LogP contribution in [0.15, 0.2) is 78.9 Å². The SMILES string of the molecule is COc1cccc(CN(C(=O)COc2ccc(Cl)cc2)[C@@H](Cc2ccccc2)C(=O)NC(C)C)c1. The van der Waals surface area contributed by atoms with Crippen LogP contribution in [-0.4, -0.2) is 42.5 Å². The molecule has 7 heteroatoms. The van der Waals surface area contributed by atoms with Crippen molar-refractivity contribution < 1.29 is 19.1 Å². The number of carbonyl (C=O) groups is 2. The van der Waals surface area contributed by atoms with E-state index in [4.69, 9.17) is 21.1 Å². The smallest absolute Gasteiger partial charge is 0.261 e. The zero-order valence-electron chi connectivity index (χ0n) is 20.2. The Kier molecular flexibility index (Phi) is 9.56. The van der Waals surface area contributed by atoms with Crippen LogP contribution in [0.2, 0.25) is 5.02 Å². The maximum atomic E-state index is 13.5. The van der Waals surface area contributed by atoms with Crippen molar-refractivity contribution in [2.24, 2.45) is 0 Å². The molecule has 1 atom stereocenters. The summed E-state index contributed by atoms with van der Waals surface area (Å²) < 4.78 is 11.1. The molecule has 3 rings (SSSR count). The van der Waals surface area contributed by atoms with Crippen LogP contribution < -0.4 is 14.8 Å². The molecular formula is C28H31ClN2O4. The van der Waals surface area contributed by atoms with Crippen LogP contribution in [0, 0.1) is 0 Å². The summed E-state index contributed by atoms with van der Waals surface area (Å²) in [6.07, 6.45) is 0.371. The van der Waals surface area contributed by atoms with Crippen molar-refractivity contribution in [3.63, 3.8) is 0 Å². The number of rotatable bonds is 11. The van der Waals surface area contributed by atoms with E-state index < -0.39 is 6.04 Å². The van der Waals surface area contributed by atoms with Crippen LogP contribution in [0.3, 0.4) is 0 Å². The molecule has 3 aromatic rings. The van der Waals surface area contributed by atoms with E-state index in [1.54, 1.807) is 36.3 Å². The maximum Gasteiger partial charge on any atom is 0.261 e. The van der Waals surface area contributed by atoms with Crippen molar-refractivity contribution in [3.05, 3.63) is 95.0 Å². The van der Waals surface area contributed by atoms with Gasteiger partial charge in [-0.15, -0.1) is 0 Å². The lowest BCUT2D eigenvalue weighted by Gasteiger charge is -2.32. The molecule has 0 bridgehead atoms. The first-order valence-electron chi connectivity index (χ1n) is 11.5. The van der Waals surface area contributed by atoms with E-state index in [2.05, 4.69) is 5.32 Å². The van der Waals surface area contributed by atoms with Crippen LogP contribution in [0.4, 0.5) is 0 Å². The molecule has 0 heterocycles. The summed E-state index contributed by atoms with van der Waals surface area (Å²) in [4.78, 5) is 28.5. The number of methoxy groups -OCH3 is 1. The van der Waals surface area contributed by atoms with Crippen molar-refractivity contribution >= 4 is 23.4 Å². The van der Waals surface area contributed by atoms with Crippen LogP contribution in [0.25, 0.3) is 0 Å². The van der Waals surface area contributed by atoms with E-state index in [0.29, 0.717) is 22.9 Å². The van der Waals surface area contributed by atoms with E-state index >= 15 is 0 Å². The molecule has 0 aliphatic rings. The average Bonchev–Trinajstić information content (AvgIpc) is 2.86. The lowest BCUT2D eigenvalue weighted by molar-refractivity contribution is -0.143. The number of ether oxygens (including phenoxy) is 2. The Morgan fingerprint density at radius 1 is 0.914 bits per heavy atom. The van der Waals surface area contributed by atoms with E-state index in [-0.39, 0.29) is 31.0 Å². The molecule has 35 heavy (non-hydrogen) atoms. The van der Waals surface area contributed by atoms with Gasteiger partial charge >= 0.3 is 0 Å². The monoisotopic (exact) mass is 494 g/mol. The van der Waals surface area contributed by atoms with Gasteiger partial charge in [0.25, 0.3) is 5.91 Å². The number of hydrogen-bond acceptors (Lipinski definition) is 4. The highest BCUT2D eigenvalue weighted by molar-refractivity contribution is 6.30. The minimum atomic E-state index is -0.729. The zero-order valence-corrected chi connectivity index (χ0v) is 21.0. The molecular weight excluding hydrogens is 464 g/mol. The normalized spacial score (nSPS) is 11.6. The van der Waals surface area contributed by atoms with Crippen LogP contribution in [0.5, 0.6) is 11.5 Å². The fourth-order valence-electron chi connectivity index (χ4n) is 3.66. The molecule has 3 aromatic carbocycles. The van der Waals surface area contributed by atoms with Crippen LogP contribution in [0.1, 0.15) is 25.0 Å². The van der Waals surface area contributed by atoms with Gasteiger partial charge in [0.2, 0.25) is 5.91 Å². The first-order valence-corrected chi connectivity index (χ1v) is 11.9. The molecule has 0 spiro atoms. The maximum absolute atomic E-state index is 13.5. The van der Waals surface area contributed by atoms with Gasteiger partial charge in [0.1, 0.15) is 17.5 Å². The van der Waals surface area contributed by atoms with E-state index in [9.17, 15) is 9.59 Å². The minimum Gasteiger partial charge on any atom is -0.497 e. The Morgan fingerprint density at radius 2 is 1.60 bits per heavy atom. The van der Waals surface area contributed by atoms with Crippen molar-refractivity contribution in [1.82, 2.24) is 10.2 Å². The number of benzene rings is 3. The predicted molar refractivity (Wildman–Crippen MR) is 138 cm³/mol. The predicted octanol–water partition coefficient (Wildman–Crippen LogP) is 4.89. The van der Waals surface area contributed by atoms with Gasteiger partial charge in [-0.25, -0.2) is 0 Å². The number of nitrogens with one attached hydrogen (secondary N) is 1. The van der Waals surface area contributed by atoms with Crippen molar-refractivity contribution in [2.45, 2.75) is 38.9 Å². The number of carbonyl (C=O) groups excluding carboxylic acids is 2. The highest BCUT2D eigenvalue weighted by Gasteiger charge is 2.31. The topological polar surface area (TPSA) is 67.9 Å². The Bertz CT molecular complexity index is 1100. The minimum absolute atomic E-state index is 0.0696. The fourth-order valence-corrected chi connectivity index (χ4v) is 3.79. The summed E-state index contributed by atoms with van der Waals surface area (Å²) in [5.74, 6) is 0.683. The summed E-state index contributed by atoms with van der Waals surface area (Å²) in [5.41, 5.74) is 1.80. The summed E-state index contributed by atoms with van der Waals surface area (Å²) in [6.45, 7) is 3.81. The van der Waals surface area contributed by atoms with Crippen molar-refractivity contribution in [1.29, 1.82) is 0 Å². The largest absolute Gasteiger partial charge is 0.497 e. The second kappa shape index (κ2) is 12.8. The third-order valence-electron chi connectivity index (χ3n) is 5.37. The van der Waals surface area contributed by atoms with Gasteiger partial charge in [-0.05, 0) is 61.4 Å². The van der Waals surface area contributed by atoms with E-state index in [1.807, 2.05) is 68.4 Å². The highest BCUT2D eigenvalue weighted by Crippen LogP contribution is 2.20. The van der Waals surface area contributed by atoms with Gasteiger partial charge in [-0.1, -0.05) is 54.1 Å². The lowest BCUT2D eigenvalue weighted by atomic mass is 10.0. The molecule has 6 nitrogen and oxygen atoms in total. The average molecular weight is 495 g/mol. The van der Waals surface area contributed by atoms with E-state index in [0.717, 1.165) is 11.1 Å². The Labute approximate surface area is 211 Å². The fraction of sp³-hybridized carbons (Fsp3) is 0.286. The second-order valence-electron chi connectivity index (χ2n) is 8.48. The summed E-state index contributed by atoms with van der Waals surface area (Å²) in [7, 11) is 1.59. The molecule has 0 aliphatic carbocycles. The first-order chi connectivity index (χ1) is 16.9. The third-order valence-corrected chi connectivity index (χ3v) is 5.62. The van der Waals surface area contributed by atoms with Crippen LogP contribution in [-0.2, 0) is 22.6 Å². The highest BCUT2D eigenvalue weighted by atomic mass is 35.5. The van der Waals surface area contributed by atoms with Crippen LogP contribution >= 0.6 is 11.6 Å². The summed E-state index contributed by atoms with van der Waals surface area (Å²) in [5, 5.41) is 3.55. The molecule has 0 radical (unpaired) electrons. The molecule has 0 unspecified atom stereocenters. The first kappa shape index (κ1) is 26.1. The summed E-state index contributed by atoms with van der Waals surface area (Å²) in [6, 6.07) is 23.1. The molecule has 0 saturated heterocycles. The molecule has 2 amide bonds. The number of hydrogen-bond donors (Lipinski definition) is 1. The Hall–Kier alpha value is -3.51. The number of halogens is 1.